The van der Waals surface area contributed by atoms with Crippen molar-refractivity contribution in [2.75, 3.05) is 0 Å². The Labute approximate surface area is 96.0 Å². The van der Waals surface area contributed by atoms with E-state index < -0.39 is 6.43 Å². The first-order chi connectivity index (χ1) is 8.13. The van der Waals surface area contributed by atoms with Crippen LogP contribution in [0.3, 0.4) is 0 Å². The van der Waals surface area contributed by atoms with Crippen LogP contribution in [0.2, 0.25) is 0 Å². The van der Waals surface area contributed by atoms with Crippen LogP contribution in [0, 0.1) is 0 Å². The zero-order valence-electron chi connectivity index (χ0n) is 9.22. The van der Waals surface area contributed by atoms with Gasteiger partial charge in [0.05, 0.1) is 12.2 Å². The van der Waals surface area contributed by atoms with E-state index in [-0.39, 0.29) is 24.5 Å². The fourth-order valence-electron chi connectivity index (χ4n) is 1.57. The van der Waals surface area contributed by atoms with Crippen LogP contribution in [0.5, 0.6) is 0 Å². The largest absolute Gasteiger partial charge is 0.325 e. The van der Waals surface area contributed by atoms with Gasteiger partial charge in [-0.3, -0.25) is 4.68 Å². The maximum atomic E-state index is 12.9. The zero-order valence-corrected chi connectivity index (χ0v) is 9.22. The highest BCUT2D eigenvalue weighted by molar-refractivity contribution is 5.13. The molecule has 2 aromatic rings. The van der Waals surface area contributed by atoms with Gasteiger partial charge < -0.3 is 5.73 Å². The van der Waals surface area contributed by atoms with Gasteiger partial charge in [-0.15, -0.1) is 5.10 Å². The molecule has 0 spiro atoms. The third-order valence-corrected chi connectivity index (χ3v) is 2.48. The molecular formula is C9H12F2N6. The average Bonchev–Trinajstić information content (AvgIpc) is 2.86. The number of aromatic nitrogens is 5. The van der Waals surface area contributed by atoms with E-state index in [4.69, 9.17) is 5.73 Å². The number of halogens is 2. The second kappa shape index (κ2) is 4.58. The maximum Gasteiger partial charge on any atom is 0.281 e. The van der Waals surface area contributed by atoms with Crippen molar-refractivity contribution in [3.8, 4) is 0 Å². The summed E-state index contributed by atoms with van der Waals surface area (Å²) in [7, 11) is 1.73. The Morgan fingerprint density at radius 2 is 2.24 bits per heavy atom. The van der Waals surface area contributed by atoms with Crippen LogP contribution in [-0.2, 0) is 20.1 Å². The second-order valence-corrected chi connectivity index (χ2v) is 3.53. The number of rotatable bonds is 4. The van der Waals surface area contributed by atoms with Gasteiger partial charge in [0, 0.05) is 19.8 Å². The lowest BCUT2D eigenvalue weighted by Crippen LogP contribution is -2.11. The monoisotopic (exact) mass is 242 g/mol. The Balaban J connectivity index is 2.33. The van der Waals surface area contributed by atoms with Gasteiger partial charge in [0.25, 0.3) is 6.43 Å². The first-order valence-electron chi connectivity index (χ1n) is 5.00. The van der Waals surface area contributed by atoms with Crippen molar-refractivity contribution in [2.24, 2.45) is 12.8 Å². The van der Waals surface area contributed by atoms with Crippen LogP contribution in [0.15, 0.2) is 12.3 Å². The molecule has 17 heavy (non-hydrogen) atoms. The molecule has 92 valence electrons. The highest BCUT2D eigenvalue weighted by atomic mass is 19.3. The van der Waals surface area contributed by atoms with Crippen molar-refractivity contribution >= 4 is 0 Å². The lowest BCUT2D eigenvalue weighted by atomic mass is 10.3. The van der Waals surface area contributed by atoms with Crippen LogP contribution in [0.4, 0.5) is 8.78 Å². The molecule has 0 saturated heterocycles. The predicted molar refractivity (Wildman–Crippen MR) is 55.2 cm³/mol. The minimum Gasteiger partial charge on any atom is -0.325 e. The average molecular weight is 242 g/mol. The summed E-state index contributed by atoms with van der Waals surface area (Å²) in [5.74, 6) is 0. The van der Waals surface area contributed by atoms with Crippen molar-refractivity contribution in [3.63, 3.8) is 0 Å². The first kappa shape index (κ1) is 11.6. The molecule has 2 aromatic heterocycles. The van der Waals surface area contributed by atoms with E-state index in [0.29, 0.717) is 0 Å². The Kier molecular flexibility index (Phi) is 3.14. The summed E-state index contributed by atoms with van der Waals surface area (Å²) in [6, 6.07) is 1.74. The van der Waals surface area contributed by atoms with Crippen LogP contribution in [-0.4, -0.2) is 24.8 Å². The van der Waals surface area contributed by atoms with Gasteiger partial charge in [0.2, 0.25) is 0 Å². The van der Waals surface area contributed by atoms with Crippen molar-refractivity contribution < 1.29 is 8.78 Å². The SMILES string of the molecule is Cn1nccc1Cn1nnc(CN)c1C(F)F. The van der Waals surface area contributed by atoms with Crippen molar-refractivity contribution in [2.45, 2.75) is 19.5 Å². The molecule has 2 N–H and O–H groups in total. The molecule has 0 bridgehead atoms. The molecule has 0 saturated carbocycles. The van der Waals surface area contributed by atoms with E-state index in [2.05, 4.69) is 15.4 Å². The van der Waals surface area contributed by atoms with Gasteiger partial charge in [-0.25, -0.2) is 13.5 Å². The van der Waals surface area contributed by atoms with E-state index >= 15 is 0 Å². The summed E-state index contributed by atoms with van der Waals surface area (Å²) < 4.78 is 28.5. The smallest absolute Gasteiger partial charge is 0.281 e. The lowest BCUT2D eigenvalue weighted by molar-refractivity contribution is 0.138. The van der Waals surface area contributed by atoms with Gasteiger partial charge in [-0.05, 0) is 6.07 Å². The molecule has 2 rings (SSSR count). The summed E-state index contributed by atoms with van der Waals surface area (Å²) in [4.78, 5) is 0. The minimum atomic E-state index is -2.64. The van der Waals surface area contributed by atoms with E-state index in [1.54, 1.807) is 24.0 Å². The molecule has 0 aromatic carbocycles. The summed E-state index contributed by atoms with van der Waals surface area (Å²) in [6.07, 6.45) is -1.05. The number of alkyl halides is 2. The van der Waals surface area contributed by atoms with Crippen LogP contribution >= 0.6 is 0 Å². The van der Waals surface area contributed by atoms with Crippen LogP contribution in [0.1, 0.15) is 23.5 Å². The summed E-state index contributed by atoms with van der Waals surface area (Å²) in [6.45, 7) is 0.147. The number of nitrogens with zero attached hydrogens (tertiary/aromatic N) is 5. The van der Waals surface area contributed by atoms with E-state index in [1.807, 2.05) is 0 Å². The van der Waals surface area contributed by atoms with Crippen molar-refractivity contribution in [1.82, 2.24) is 24.8 Å². The van der Waals surface area contributed by atoms with Crippen LogP contribution < -0.4 is 5.73 Å². The molecule has 0 amide bonds. The third-order valence-electron chi connectivity index (χ3n) is 2.48. The fourth-order valence-corrected chi connectivity index (χ4v) is 1.57. The summed E-state index contributed by atoms with van der Waals surface area (Å²) in [5, 5.41) is 11.3. The topological polar surface area (TPSA) is 74.5 Å². The number of aryl methyl sites for hydroxylation is 1. The quantitative estimate of drug-likeness (QED) is 0.845. The Bertz CT molecular complexity index is 503. The molecule has 0 atom stereocenters. The van der Waals surface area contributed by atoms with Gasteiger partial charge in [-0.2, -0.15) is 5.10 Å². The molecular weight excluding hydrogens is 230 g/mol. The zero-order chi connectivity index (χ0) is 12.4. The minimum absolute atomic E-state index is 0.0505. The van der Waals surface area contributed by atoms with E-state index in [1.165, 1.54) is 0 Å². The standard InChI is InChI=1S/C9H12F2N6/c1-16-6(2-3-13-16)5-17-8(9(10)11)7(4-12)14-15-17/h2-3,9H,4-5,12H2,1H3. The molecule has 0 unspecified atom stereocenters. The molecule has 8 heteroatoms. The summed E-state index contributed by atoms with van der Waals surface area (Å²) in [5.41, 5.74) is 6.00. The Hall–Kier alpha value is -1.83. The van der Waals surface area contributed by atoms with Crippen molar-refractivity contribution in [1.29, 1.82) is 0 Å². The molecule has 0 aliphatic carbocycles. The normalized spacial score (nSPS) is 11.4. The molecule has 0 radical (unpaired) electrons. The van der Waals surface area contributed by atoms with Gasteiger partial charge in [0.15, 0.2) is 0 Å². The second-order valence-electron chi connectivity index (χ2n) is 3.53. The Morgan fingerprint density at radius 1 is 1.47 bits per heavy atom. The highest BCUT2D eigenvalue weighted by Gasteiger charge is 2.21. The lowest BCUT2D eigenvalue weighted by Gasteiger charge is -2.06. The van der Waals surface area contributed by atoms with E-state index in [9.17, 15) is 8.78 Å². The molecule has 0 fully saturated rings. The van der Waals surface area contributed by atoms with E-state index in [0.717, 1.165) is 10.4 Å². The fraction of sp³-hybridized carbons (Fsp3) is 0.444. The van der Waals surface area contributed by atoms with Gasteiger partial charge in [-0.1, -0.05) is 5.21 Å². The number of hydrogen-bond donors (Lipinski definition) is 1. The number of hydrogen-bond acceptors (Lipinski definition) is 4. The molecule has 0 aliphatic heterocycles. The third kappa shape index (κ3) is 2.16. The Morgan fingerprint density at radius 3 is 2.76 bits per heavy atom. The summed E-state index contributed by atoms with van der Waals surface area (Å²) >= 11 is 0. The maximum absolute atomic E-state index is 12.9. The van der Waals surface area contributed by atoms with Gasteiger partial charge in [0.1, 0.15) is 11.4 Å². The first-order valence-corrected chi connectivity index (χ1v) is 5.00. The van der Waals surface area contributed by atoms with Gasteiger partial charge >= 0.3 is 0 Å². The molecule has 0 aliphatic rings. The van der Waals surface area contributed by atoms with Crippen LogP contribution in [0.25, 0.3) is 0 Å². The van der Waals surface area contributed by atoms with Crippen molar-refractivity contribution in [3.05, 3.63) is 29.3 Å². The molecule has 6 nitrogen and oxygen atoms in total. The highest BCUT2D eigenvalue weighted by Crippen LogP contribution is 2.21. The predicted octanol–water partition coefficient (Wildman–Crippen LogP) is 0.456. The number of nitrogens with two attached hydrogens (primary N) is 1. The molecule has 2 heterocycles.